The summed E-state index contributed by atoms with van der Waals surface area (Å²) < 4.78 is 0. The average molecular weight is 343 g/mol. The molecule has 0 spiro atoms. The molecule has 0 heterocycles. The Balaban J connectivity index is 2.17. The van der Waals surface area contributed by atoms with E-state index < -0.39 is 0 Å². The first-order valence-electron chi connectivity index (χ1n) is 10.1. The van der Waals surface area contributed by atoms with E-state index in [1.807, 2.05) is 0 Å². The number of rotatable bonds is 8. The topological polar surface area (TPSA) is 0 Å². The zero-order valence-electron chi connectivity index (χ0n) is 16.1. The summed E-state index contributed by atoms with van der Waals surface area (Å²) in [6, 6.07) is 28.7. The van der Waals surface area contributed by atoms with Crippen LogP contribution in [0.5, 0.6) is 0 Å². The minimum atomic E-state index is 0.638. The van der Waals surface area contributed by atoms with Crippen molar-refractivity contribution in [3.05, 3.63) is 84.4 Å². The summed E-state index contributed by atoms with van der Waals surface area (Å²) >= 11 is 0. The Bertz CT molecular complexity index is 787. The van der Waals surface area contributed by atoms with Crippen LogP contribution >= 0.6 is 0 Å². The molecule has 0 fully saturated rings. The first-order chi connectivity index (χ1) is 12.8. The van der Waals surface area contributed by atoms with E-state index in [0.717, 1.165) is 0 Å². The van der Waals surface area contributed by atoms with E-state index in [1.165, 1.54) is 59.9 Å². The van der Waals surface area contributed by atoms with E-state index in [0.29, 0.717) is 5.92 Å². The van der Waals surface area contributed by atoms with Crippen molar-refractivity contribution < 1.29 is 0 Å². The minimum Gasteiger partial charge on any atom is -0.0654 e. The van der Waals surface area contributed by atoms with Crippen molar-refractivity contribution in [2.45, 2.75) is 51.9 Å². The molecule has 0 aliphatic rings. The van der Waals surface area contributed by atoms with Crippen LogP contribution in [0.25, 0.3) is 22.3 Å². The van der Waals surface area contributed by atoms with Gasteiger partial charge in [-0.3, -0.25) is 0 Å². The molecule has 0 amide bonds. The molecule has 0 aliphatic heterocycles. The van der Waals surface area contributed by atoms with Crippen LogP contribution in [0.1, 0.15) is 57.4 Å². The van der Waals surface area contributed by atoms with Gasteiger partial charge in [0.2, 0.25) is 0 Å². The molecule has 0 aliphatic carbocycles. The van der Waals surface area contributed by atoms with E-state index in [2.05, 4.69) is 92.7 Å². The summed E-state index contributed by atoms with van der Waals surface area (Å²) in [5.41, 5.74) is 6.94. The average Bonchev–Trinajstić information content (AvgIpc) is 2.72. The summed E-state index contributed by atoms with van der Waals surface area (Å²) in [7, 11) is 0. The third-order valence-corrected chi connectivity index (χ3v) is 5.23. The Hall–Kier alpha value is -2.34. The zero-order valence-corrected chi connectivity index (χ0v) is 16.1. The van der Waals surface area contributed by atoms with Crippen LogP contribution in [0.3, 0.4) is 0 Å². The maximum Gasteiger partial charge on any atom is -0.00705 e. The maximum absolute atomic E-state index is 2.37. The van der Waals surface area contributed by atoms with Gasteiger partial charge in [-0.25, -0.2) is 0 Å². The SMILES string of the molecule is CCCCC(CCC)c1cccc(-c2ccccc2)c1-c1ccccc1. The van der Waals surface area contributed by atoms with E-state index >= 15 is 0 Å². The zero-order chi connectivity index (χ0) is 18.2. The highest BCUT2D eigenvalue weighted by Crippen LogP contribution is 2.40. The van der Waals surface area contributed by atoms with Gasteiger partial charge in [0.1, 0.15) is 0 Å². The molecule has 3 aromatic carbocycles. The summed E-state index contributed by atoms with van der Waals surface area (Å²) in [6.45, 7) is 4.60. The van der Waals surface area contributed by atoms with Gasteiger partial charge in [0.25, 0.3) is 0 Å². The van der Waals surface area contributed by atoms with Crippen LogP contribution in [-0.2, 0) is 0 Å². The largest absolute Gasteiger partial charge is 0.0654 e. The third kappa shape index (κ3) is 4.25. The molecule has 0 radical (unpaired) electrons. The summed E-state index contributed by atoms with van der Waals surface area (Å²) in [5, 5.41) is 0. The monoisotopic (exact) mass is 342 g/mol. The van der Waals surface area contributed by atoms with Crippen molar-refractivity contribution in [3.63, 3.8) is 0 Å². The molecule has 0 saturated heterocycles. The Labute approximate surface area is 158 Å². The molecule has 134 valence electrons. The number of hydrogen-bond acceptors (Lipinski definition) is 0. The van der Waals surface area contributed by atoms with E-state index in [1.54, 1.807) is 0 Å². The summed E-state index contributed by atoms with van der Waals surface area (Å²) in [6.07, 6.45) is 6.34. The van der Waals surface area contributed by atoms with Crippen molar-refractivity contribution in [1.29, 1.82) is 0 Å². The van der Waals surface area contributed by atoms with Gasteiger partial charge in [-0.2, -0.15) is 0 Å². The standard InChI is InChI=1S/C26H30/c1-3-5-14-21(13-4-2)24-19-12-20-25(22-15-8-6-9-16-22)26(24)23-17-10-7-11-18-23/h6-12,15-21H,3-5,13-14H2,1-2H3. The second-order valence-corrected chi connectivity index (χ2v) is 7.13. The van der Waals surface area contributed by atoms with Crippen LogP contribution in [0, 0.1) is 0 Å². The molecule has 26 heavy (non-hydrogen) atoms. The number of unbranched alkanes of at least 4 members (excludes halogenated alkanes) is 1. The predicted molar refractivity (Wildman–Crippen MR) is 114 cm³/mol. The molecule has 1 unspecified atom stereocenters. The number of hydrogen-bond donors (Lipinski definition) is 0. The molecule has 0 aromatic heterocycles. The second-order valence-electron chi connectivity index (χ2n) is 7.13. The molecule has 3 aromatic rings. The lowest BCUT2D eigenvalue weighted by Gasteiger charge is -2.23. The molecule has 0 heteroatoms. The number of benzene rings is 3. The van der Waals surface area contributed by atoms with Gasteiger partial charge in [-0.05, 0) is 46.6 Å². The van der Waals surface area contributed by atoms with E-state index in [-0.39, 0.29) is 0 Å². The van der Waals surface area contributed by atoms with Gasteiger partial charge in [-0.15, -0.1) is 0 Å². The lowest BCUT2D eigenvalue weighted by atomic mass is 9.81. The fourth-order valence-corrected chi connectivity index (χ4v) is 3.95. The Morgan fingerprint density at radius 2 is 1.27 bits per heavy atom. The first kappa shape index (κ1) is 18.5. The van der Waals surface area contributed by atoms with Gasteiger partial charge in [0.15, 0.2) is 0 Å². The maximum atomic E-state index is 2.37. The molecular formula is C26H30. The Kier molecular flexibility index (Phi) is 6.66. The lowest BCUT2D eigenvalue weighted by Crippen LogP contribution is -2.03. The molecular weight excluding hydrogens is 312 g/mol. The molecule has 0 bridgehead atoms. The quantitative estimate of drug-likeness (QED) is 0.388. The Morgan fingerprint density at radius 3 is 1.88 bits per heavy atom. The van der Waals surface area contributed by atoms with Crippen molar-refractivity contribution >= 4 is 0 Å². The van der Waals surface area contributed by atoms with Crippen molar-refractivity contribution in [1.82, 2.24) is 0 Å². The predicted octanol–water partition coefficient (Wildman–Crippen LogP) is 8.09. The van der Waals surface area contributed by atoms with Crippen LogP contribution < -0.4 is 0 Å². The lowest BCUT2D eigenvalue weighted by molar-refractivity contribution is 0.542. The van der Waals surface area contributed by atoms with Gasteiger partial charge in [0, 0.05) is 0 Å². The van der Waals surface area contributed by atoms with Crippen LogP contribution in [-0.4, -0.2) is 0 Å². The van der Waals surface area contributed by atoms with Crippen molar-refractivity contribution in [3.8, 4) is 22.3 Å². The highest BCUT2D eigenvalue weighted by Gasteiger charge is 2.18. The van der Waals surface area contributed by atoms with Crippen LogP contribution in [0.2, 0.25) is 0 Å². The highest BCUT2D eigenvalue weighted by atomic mass is 14.2. The molecule has 3 rings (SSSR count). The first-order valence-corrected chi connectivity index (χ1v) is 10.1. The van der Waals surface area contributed by atoms with Crippen LogP contribution in [0.15, 0.2) is 78.9 Å². The third-order valence-electron chi connectivity index (χ3n) is 5.23. The molecule has 0 nitrogen and oxygen atoms in total. The Morgan fingerprint density at radius 1 is 0.615 bits per heavy atom. The molecule has 0 saturated carbocycles. The van der Waals surface area contributed by atoms with Gasteiger partial charge < -0.3 is 0 Å². The van der Waals surface area contributed by atoms with Gasteiger partial charge >= 0.3 is 0 Å². The molecule has 0 N–H and O–H groups in total. The smallest absolute Gasteiger partial charge is 0.00705 e. The molecule has 1 atom stereocenters. The highest BCUT2D eigenvalue weighted by molar-refractivity contribution is 5.86. The van der Waals surface area contributed by atoms with Gasteiger partial charge in [-0.1, -0.05) is 112 Å². The van der Waals surface area contributed by atoms with Crippen molar-refractivity contribution in [2.75, 3.05) is 0 Å². The summed E-state index contributed by atoms with van der Waals surface area (Å²) in [5.74, 6) is 0.638. The van der Waals surface area contributed by atoms with E-state index in [9.17, 15) is 0 Å². The fourth-order valence-electron chi connectivity index (χ4n) is 3.95. The fraction of sp³-hybridized carbons (Fsp3) is 0.308. The second kappa shape index (κ2) is 9.38. The van der Waals surface area contributed by atoms with Gasteiger partial charge in [0.05, 0.1) is 0 Å². The van der Waals surface area contributed by atoms with Crippen molar-refractivity contribution in [2.24, 2.45) is 0 Å². The summed E-state index contributed by atoms with van der Waals surface area (Å²) in [4.78, 5) is 0. The minimum absolute atomic E-state index is 0.638. The normalized spacial score (nSPS) is 12.1. The van der Waals surface area contributed by atoms with E-state index in [4.69, 9.17) is 0 Å². The van der Waals surface area contributed by atoms with Crippen LogP contribution in [0.4, 0.5) is 0 Å².